The van der Waals surface area contributed by atoms with Crippen LogP contribution in [0.15, 0.2) is 36.8 Å². The van der Waals surface area contributed by atoms with Crippen LogP contribution in [-0.4, -0.2) is 74.8 Å². The highest BCUT2D eigenvalue weighted by atomic mass is 35.5. The van der Waals surface area contributed by atoms with Crippen LogP contribution >= 0.6 is 11.6 Å². The van der Waals surface area contributed by atoms with Crippen LogP contribution in [0.1, 0.15) is 51.6 Å². The van der Waals surface area contributed by atoms with Crippen LogP contribution in [0, 0.1) is 0 Å². The van der Waals surface area contributed by atoms with E-state index in [1.807, 2.05) is 35.0 Å². The number of piperidine rings is 1. The predicted octanol–water partition coefficient (Wildman–Crippen LogP) is 6.73. The largest absolute Gasteiger partial charge is 0.489 e. The highest BCUT2D eigenvalue weighted by Gasteiger charge is 2.45. The first-order chi connectivity index (χ1) is 22.0. The molecule has 3 N–H and O–H groups in total. The van der Waals surface area contributed by atoms with Crippen LogP contribution in [-0.2, 0) is 20.7 Å². The summed E-state index contributed by atoms with van der Waals surface area (Å²) in [5.41, 5.74) is 7.67. The third-order valence-electron chi connectivity index (χ3n) is 10.1. The summed E-state index contributed by atoms with van der Waals surface area (Å²) in [6.07, 6.45) is 5.10. The normalized spacial score (nSPS) is 20.8. The SMILES string of the molecule is CC(C)(C)[Si](C)(C)OCC[C@H](NC(=O)[C@@]1(N)CCN2c3ncnc4c3c(cn4COCC[Si](C)(C)C)OC[C@@H]2C1)c1ccc(Cl)cc1. The van der Waals surface area contributed by atoms with Gasteiger partial charge in [0, 0.05) is 32.9 Å². The standard InChI is InChI=1S/C34H53ClN6O4Si2/c1-33(2,3)47(7,8)45-16-13-27(24-9-11-25(35)12-10-24)39-32(42)34(36)14-15-41-26(19-34)21-44-28-20-40(23-43-17-18-46(4,5)6)30-29(28)31(41)38-22-37-30/h9-12,20,22,26-27H,13-19,21,23,36H2,1-8H3,(H,39,42)/t26-,27-,34+/m0/s1. The molecule has 10 nitrogen and oxygen atoms in total. The lowest BCUT2D eigenvalue weighted by atomic mass is 9.82. The van der Waals surface area contributed by atoms with Gasteiger partial charge in [0.05, 0.1) is 23.8 Å². The van der Waals surface area contributed by atoms with Gasteiger partial charge in [0.1, 0.15) is 36.6 Å². The summed E-state index contributed by atoms with van der Waals surface area (Å²) < 4.78 is 20.9. The minimum atomic E-state index is -1.95. The smallest absolute Gasteiger partial charge is 0.240 e. The zero-order valence-corrected chi connectivity index (χ0v) is 32.1. The Labute approximate surface area is 286 Å². The first-order valence-electron chi connectivity index (χ1n) is 16.8. The van der Waals surface area contributed by atoms with Gasteiger partial charge in [0.2, 0.25) is 5.91 Å². The minimum absolute atomic E-state index is 0.0985. The fourth-order valence-corrected chi connectivity index (χ4v) is 7.91. The van der Waals surface area contributed by atoms with Crippen LogP contribution in [0.4, 0.5) is 5.82 Å². The molecule has 0 spiro atoms. The molecule has 0 unspecified atom stereocenters. The van der Waals surface area contributed by atoms with E-state index in [0.717, 1.165) is 40.8 Å². The maximum Gasteiger partial charge on any atom is 0.240 e. The highest BCUT2D eigenvalue weighted by Crippen LogP contribution is 2.41. The van der Waals surface area contributed by atoms with Crippen molar-refractivity contribution in [2.45, 2.75) is 108 Å². The van der Waals surface area contributed by atoms with Crippen molar-refractivity contribution in [3.05, 3.63) is 47.4 Å². The highest BCUT2D eigenvalue weighted by molar-refractivity contribution is 6.76. The van der Waals surface area contributed by atoms with Gasteiger partial charge >= 0.3 is 0 Å². The van der Waals surface area contributed by atoms with E-state index in [-0.39, 0.29) is 23.0 Å². The zero-order chi connectivity index (χ0) is 34.2. The molecule has 2 aliphatic rings. The molecule has 2 aromatic heterocycles. The van der Waals surface area contributed by atoms with E-state index in [1.165, 1.54) is 0 Å². The molecule has 1 amide bonds. The number of anilines is 1. The number of ether oxygens (including phenoxy) is 2. The van der Waals surface area contributed by atoms with Crippen molar-refractivity contribution in [3.63, 3.8) is 0 Å². The van der Waals surface area contributed by atoms with Crippen molar-refractivity contribution >= 4 is 50.8 Å². The Hall–Kier alpha value is -2.49. The van der Waals surface area contributed by atoms with E-state index in [1.54, 1.807) is 6.33 Å². The summed E-state index contributed by atoms with van der Waals surface area (Å²) in [5, 5.41) is 4.93. The third-order valence-corrected chi connectivity index (χ3v) is 16.6. The molecule has 0 aliphatic carbocycles. The average Bonchev–Trinajstić information content (AvgIpc) is 3.27. The molecule has 1 aromatic carbocycles. The fraction of sp³-hybridized carbons (Fsp3) is 0.618. The lowest BCUT2D eigenvalue weighted by Gasteiger charge is -2.44. The summed E-state index contributed by atoms with van der Waals surface area (Å²) in [4.78, 5) is 25.6. The number of carbonyl (C=O) groups excluding carboxylic acids is 1. The van der Waals surface area contributed by atoms with Gasteiger partial charge in [-0.3, -0.25) is 4.79 Å². The molecular weight excluding hydrogens is 648 g/mol. The van der Waals surface area contributed by atoms with Gasteiger partial charge in [-0.15, -0.1) is 0 Å². The molecule has 3 aromatic rings. The van der Waals surface area contributed by atoms with Crippen LogP contribution < -0.4 is 20.7 Å². The van der Waals surface area contributed by atoms with Crippen molar-refractivity contribution in [2.75, 3.05) is 31.3 Å². The number of rotatable bonds is 12. The number of nitrogens with zero attached hydrogens (tertiary/aromatic N) is 4. The zero-order valence-electron chi connectivity index (χ0n) is 29.4. The fourth-order valence-electron chi connectivity index (χ4n) is 5.96. The number of hydrogen-bond acceptors (Lipinski definition) is 8. The average molecular weight is 701 g/mol. The van der Waals surface area contributed by atoms with Gasteiger partial charge in [0.25, 0.3) is 0 Å². The van der Waals surface area contributed by atoms with Crippen molar-refractivity contribution in [1.29, 1.82) is 0 Å². The summed E-state index contributed by atoms with van der Waals surface area (Å²) in [6.45, 7) is 20.8. The summed E-state index contributed by atoms with van der Waals surface area (Å²) >= 11 is 6.21. The number of amides is 1. The topological polar surface area (TPSA) is 117 Å². The molecule has 47 heavy (non-hydrogen) atoms. The molecule has 4 heterocycles. The second kappa shape index (κ2) is 13.8. The molecule has 0 saturated carbocycles. The van der Waals surface area contributed by atoms with Gasteiger partial charge in [-0.1, -0.05) is 64.1 Å². The lowest BCUT2D eigenvalue weighted by molar-refractivity contribution is -0.128. The molecule has 0 bridgehead atoms. The van der Waals surface area contributed by atoms with Crippen LogP contribution in [0.5, 0.6) is 5.75 Å². The Morgan fingerprint density at radius 3 is 2.57 bits per heavy atom. The maximum atomic E-state index is 14.0. The molecule has 1 saturated heterocycles. The van der Waals surface area contributed by atoms with E-state index in [0.29, 0.717) is 50.8 Å². The van der Waals surface area contributed by atoms with Crippen molar-refractivity contribution in [2.24, 2.45) is 5.73 Å². The second-order valence-electron chi connectivity index (χ2n) is 16.0. The first kappa shape index (κ1) is 35.8. The van der Waals surface area contributed by atoms with Crippen LogP contribution in [0.25, 0.3) is 11.0 Å². The predicted molar refractivity (Wildman–Crippen MR) is 195 cm³/mol. The Kier molecular flexibility index (Phi) is 10.5. The Balaban J connectivity index is 1.29. The molecule has 2 aliphatic heterocycles. The third kappa shape index (κ3) is 8.22. The maximum absolute atomic E-state index is 14.0. The van der Waals surface area contributed by atoms with E-state index in [4.69, 9.17) is 36.2 Å². The molecule has 13 heteroatoms. The minimum Gasteiger partial charge on any atom is -0.489 e. The molecule has 3 atom stereocenters. The number of halogens is 1. The summed E-state index contributed by atoms with van der Waals surface area (Å²) in [7, 11) is -3.13. The van der Waals surface area contributed by atoms with E-state index < -0.39 is 21.9 Å². The number of fused-ring (bicyclic) bond motifs is 2. The Morgan fingerprint density at radius 2 is 1.89 bits per heavy atom. The van der Waals surface area contributed by atoms with Gasteiger partial charge < -0.3 is 34.4 Å². The molecule has 1 fully saturated rings. The molecular formula is C34H53ClN6O4Si2. The van der Waals surface area contributed by atoms with Crippen LogP contribution in [0.3, 0.4) is 0 Å². The lowest BCUT2D eigenvalue weighted by Crippen LogP contribution is -2.63. The number of nitrogens with two attached hydrogens (primary N) is 1. The van der Waals surface area contributed by atoms with Gasteiger partial charge in [-0.25, -0.2) is 9.97 Å². The van der Waals surface area contributed by atoms with Gasteiger partial charge in [-0.2, -0.15) is 0 Å². The molecule has 5 rings (SSSR count). The van der Waals surface area contributed by atoms with Crippen molar-refractivity contribution in [3.8, 4) is 5.75 Å². The van der Waals surface area contributed by atoms with Gasteiger partial charge in [0.15, 0.2) is 14.0 Å². The summed E-state index contributed by atoms with van der Waals surface area (Å²) in [5.74, 6) is 1.38. The number of carbonyl (C=O) groups is 1. The van der Waals surface area contributed by atoms with Crippen molar-refractivity contribution < 1.29 is 18.7 Å². The number of aromatic nitrogens is 3. The number of nitrogens with one attached hydrogen (secondary N) is 1. The van der Waals surface area contributed by atoms with Crippen molar-refractivity contribution in [1.82, 2.24) is 19.9 Å². The van der Waals surface area contributed by atoms with Gasteiger partial charge in [-0.05, 0) is 61.1 Å². The Morgan fingerprint density at radius 1 is 1.17 bits per heavy atom. The van der Waals surface area contributed by atoms with E-state index >= 15 is 0 Å². The molecule has 0 radical (unpaired) electrons. The second-order valence-corrected chi connectivity index (χ2v) is 26.8. The Bertz CT molecular complexity index is 1550. The van der Waals surface area contributed by atoms with Crippen LogP contribution in [0.2, 0.25) is 48.8 Å². The quantitative estimate of drug-likeness (QED) is 0.158. The number of benzene rings is 1. The van der Waals surface area contributed by atoms with E-state index in [9.17, 15) is 4.79 Å². The summed E-state index contributed by atoms with van der Waals surface area (Å²) in [6, 6.07) is 8.36. The number of hydrogen-bond donors (Lipinski definition) is 2. The monoisotopic (exact) mass is 700 g/mol. The molecule has 258 valence electrons. The van der Waals surface area contributed by atoms with E-state index in [2.05, 4.69) is 68.7 Å². The first-order valence-corrected chi connectivity index (χ1v) is 23.8.